The summed E-state index contributed by atoms with van der Waals surface area (Å²) in [4.78, 5) is 14.4. The number of nitrogens with one attached hydrogen (secondary N) is 1. The summed E-state index contributed by atoms with van der Waals surface area (Å²) in [5.41, 5.74) is -0.109. The average molecular weight is 449 g/mol. The second-order valence-corrected chi connectivity index (χ2v) is 10.1. The minimum absolute atomic E-state index is 0.115. The van der Waals surface area contributed by atoms with Crippen molar-refractivity contribution in [3.63, 3.8) is 0 Å². The molecule has 0 radical (unpaired) electrons. The van der Waals surface area contributed by atoms with Gasteiger partial charge in [-0.25, -0.2) is 8.42 Å². The van der Waals surface area contributed by atoms with Crippen molar-refractivity contribution in [1.82, 2.24) is 10.2 Å². The Balaban J connectivity index is 1.67. The molecule has 1 saturated heterocycles. The van der Waals surface area contributed by atoms with Crippen molar-refractivity contribution >= 4 is 15.7 Å². The Morgan fingerprint density at radius 1 is 1.13 bits per heavy atom. The van der Waals surface area contributed by atoms with Crippen LogP contribution in [-0.2, 0) is 25.5 Å². The van der Waals surface area contributed by atoms with Crippen molar-refractivity contribution in [2.45, 2.75) is 43.2 Å². The number of carbonyl (C=O) groups excluding carboxylic acids is 1. The van der Waals surface area contributed by atoms with Gasteiger partial charge in [-0.1, -0.05) is 25.0 Å². The van der Waals surface area contributed by atoms with Crippen LogP contribution in [0.3, 0.4) is 0 Å². The van der Waals surface area contributed by atoms with Gasteiger partial charge in [-0.2, -0.15) is 13.2 Å². The first-order valence-electron chi connectivity index (χ1n) is 10.1. The lowest BCUT2D eigenvalue weighted by molar-refractivity contribution is -0.137. The van der Waals surface area contributed by atoms with Gasteiger partial charge in [0.05, 0.1) is 30.1 Å². The molecule has 10 heteroatoms. The Morgan fingerprint density at radius 2 is 1.73 bits per heavy atom. The predicted molar refractivity (Wildman–Crippen MR) is 106 cm³/mol. The molecule has 1 saturated carbocycles. The smallest absolute Gasteiger partial charge is 0.379 e. The van der Waals surface area contributed by atoms with E-state index in [0.29, 0.717) is 44.7 Å². The fourth-order valence-electron chi connectivity index (χ4n) is 4.05. The summed E-state index contributed by atoms with van der Waals surface area (Å²) < 4.78 is 68.8. The lowest BCUT2D eigenvalue weighted by atomic mass is 10.0. The largest absolute Gasteiger partial charge is 0.416 e. The zero-order chi connectivity index (χ0) is 21.8. The maximum atomic E-state index is 12.9. The number of rotatable bonds is 7. The van der Waals surface area contributed by atoms with Crippen molar-refractivity contribution in [3.8, 4) is 0 Å². The van der Waals surface area contributed by atoms with Gasteiger partial charge in [0.2, 0.25) is 5.91 Å². The molecular weight excluding hydrogens is 421 g/mol. The van der Waals surface area contributed by atoms with E-state index in [2.05, 4.69) is 5.32 Å². The second kappa shape index (κ2) is 9.65. The van der Waals surface area contributed by atoms with E-state index in [-0.39, 0.29) is 12.6 Å². The molecule has 1 unspecified atom stereocenters. The Bertz CT molecular complexity index is 815. The first kappa shape index (κ1) is 23.0. The van der Waals surface area contributed by atoms with Crippen molar-refractivity contribution in [2.75, 3.05) is 38.6 Å². The molecule has 1 heterocycles. The zero-order valence-corrected chi connectivity index (χ0v) is 17.5. The van der Waals surface area contributed by atoms with Gasteiger partial charge in [-0.15, -0.1) is 0 Å². The summed E-state index contributed by atoms with van der Waals surface area (Å²) in [7, 11) is -3.49. The summed E-state index contributed by atoms with van der Waals surface area (Å²) in [5, 5.41) is 2.23. The van der Waals surface area contributed by atoms with Gasteiger partial charge < -0.3 is 10.1 Å². The van der Waals surface area contributed by atoms with Crippen LogP contribution in [-0.4, -0.2) is 63.1 Å². The number of nitrogens with zero attached hydrogens (tertiary/aromatic N) is 1. The molecule has 0 bridgehead atoms. The molecule has 1 aliphatic heterocycles. The Labute approximate surface area is 174 Å². The average Bonchev–Trinajstić information content (AvgIpc) is 3.24. The van der Waals surface area contributed by atoms with E-state index < -0.39 is 38.5 Å². The Kier molecular flexibility index (Phi) is 7.41. The van der Waals surface area contributed by atoms with E-state index in [0.717, 1.165) is 25.0 Å². The monoisotopic (exact) mass is 448 g/mol. The van der Waals surface area contributed by atoms with Crippen molar-refractivity contribution in [3.05, 3.63) is 35.4 Å². The van der Waals surface area contributed by atoms with Crippen LogP contribution in [0, 0.1) is 0 Å². The van der Waals surface area contributed by atoms with Crippen molar-refractivity contribution < 1.29 is 31.1 Å². The second-order valence-electron chi connectivity index (χ2n) is 7.80. The number of alkyl halides is 3. The highest BCUT2D eigenvalue weighted by atomic mass is 32.2. The Morgan fingerprint density at radius 3 is 2.30 bits per heavy atom. The number of halogens is 3. The van der Waals surface area contributed by atoms with Crippen LogP contribution in [0.4, 0.5) is 13.2 Å². The number of hydrogen-bond acceptors (Lipinski definition) is 5. The first-order chi connectivity index (χ1) is 14.2. The minimum atomic E-state index is -4.42. The molecule has 1 amide bonds. The maximum Gasteiger partial charge on any atom is 0.416 e. The quantitative estimate of drug-likeness (QED) is 0.694. The van der Waals surface area contributed by atoms with Crippen molar-refractivity contribution in [1.29, 1.82) is 0 Å². The highest BCUT2D eigenvalue weighted by Gasteiger charge is 2.32. The molecule has 6 nitrogen and oxygen atoms in total. The van der Waals surface area contributed by atoms with Gasteiger partial charge in [0, 0.05) is 19.6 Å². The maximum absolute atomic E-state index is 12.9. The van der Waals surface area contributed by atoms with Gasteiger partial charge >= 0.3 is 6.18 Å². The third-order valence-corrected chi connectivity index (χ3v) is 7.90. The van der Waals surface area contributed by atoms with Gasteiger partial charge in [-0.05, 0) is 30.5 Å². The molecule has 1 aromatic rings. The van der Waals surface area contributed by atoms with E-state index in [1.165, 1.54) is 12.1 Å². The van der Waals surface area contributed by atoms with Crippen LogP contribution in [0.25, 0.3) is 0 Å². The van der Waals surface area contributed by atoms with Gasteiger partial charge in [0.15, 0.2) is 9.84 Å². The first-order valence-corrected chi connectivity index (χ1v) is 11.9. The number of amides is 1. The molecule has 30 heavy (non-hydrogen) atoms. The third-order valence-electron chi connectivity index (χ3n) is 5.74. The fourth-order valence-corrected chi connectivity index (χ4v) is 5.81. The molecule has 2 fully saturated rings. The highest BCUT2D eigenvalue weighted by Crippen LogP contribution is 2.31. The summed E-state index contributed by atoms with van der Waals surface area (Å²) >= 11 is 0. The number of carbonyl (C=O) groups is 1. The van der Waals surface area contributed by atoms with Crippen molar-refractivity contribution in [2.24, 2.45) is 0 Å². The van der Waals surface area contributed by atoms with Crippen LogP contribution in [0.1, 0.15) is 42.9 Å². The molecule has 168 valence electrons. The predicted octanol–water partition coefficient (Wildman–Crippen LogP) is 2.55. The Hall–Kier alpha value is -1.65. The summed E-state index contributed by atoms with van der Waals surface area (Å²) in [6, 6.07) is 4.49. The van der Waals surface area contributed by atoms with Crippen LogP contribution in [0.2, 0.25) is 0 Å². The van der Waals surface area contributed by atoms with E-state index in [9.17, 15) is 26.4 Å². The molecule has 1 aliphatic carbocycles. The lowest BCUT2D eigenvalue weighted by Crippen LogP contribution is -2.45. The topological polar surface area (TPSA) is 75.7 Å². The number of hydrogen-bond donors (Lipinski definition) is 1. The molecule has 3 rings (SSSR count). The van der Waals surface area contributed by atoms with E-state index in [1.54, 1.807) is 0 Å². The molecule has 1 aromatic carbocycles. The molecule has 0 aromatic heterocycles. The number of morpholine rings is 1. The summed E-state index contributed by atoms with van der Waals surface area (Å²) in [5.74, 6) is -1.13. The van der Waals surface area contributed by atoms with E-state index >= 15 is 0 Å². The van der Waals surface area contributed by atoms with Crippen LogP contribution >= 0.6 is 0 Å². The van der Waals surface area contributed by atoms with Gasteiger partial charge in [0.25, 0.3) is 0 Å². The van der Waals surface area contributed by atoms with Crippen LogP contribution in [0.5, 0.6) is 0 Å². The minimum Gasteiger partial charge on any atom is -0.379 e. The van der Waals surface area contributed by atoms with E-state index in [1.807, 2.05) is 4.90 Å². The molecule has 1 N–H and O–H groups in total. The summed E-state index contributed by atoms with van der Waals surface area (Å²) in [6.45, 7) is 2.23. The highest BCUT2D eigenvalue weighted by molar-refractivity contribution is 7.92. The lowest BCUT2D eigenvalue weighted by Gasteiger charge is -2.35. The molecule has 0 spiro atoms. The summed E-state index contributed by atoms with van der Waals surface area (Å²) in [6.07, 6.45) is -1.51. The number of ether oxygens (including phenoxy) is 1. The van der Waals surface area contributed by atoms with Crippen LogP contribution < -0.4 is 5.32 Å². The molecule has 2 aliphatic rings. The van der Waals surface area contributed by atoms with Gasteiger partial charge in [-0.3, -0.25) is 9.69 Å². The SMILES string of the molecule is O=C(CS(=O)(=O)C1CCCC1)NCC(c1ccc(C(F)(F)F)cc1)N1CCOCC1. The number of benzene rings is 1. The van der Waals surface area contributed by atoms with E-state index in [4.69, 9.17) is 4.74 Å². The molecular formula is C20H27F3N2O4S. The fraction of sp³-hybridized carbons (Fsp3) is 0.650. The normalized spacial score (nSPS) is 20.2. The van der Waals surface area contributed by atoms with Gasteiger partial charge in [0.1, 0.15) is 5.75 Å². The van der Waals surface area contributed by atoms with Crippen LogP contribution in [0.15, 0.2) is 24.3 Å². The third kappa shape index (κ3) is 5.95. The standard InChI is InChI=1S/C20H27F3N2O4S/c21-20(22,23)16-7-5-15(6-8-16)18(25-9-11-29-12-10-25)13-24-19(26)14-30(27,28)17-3-1-2-4-17/h5-8,17-18H,1-4,9-14H2,(H,24,26). The zero-order valence-electron chi connectivity index (χ0n) is 16.7. The number of sulfone groups is 1. The molecule has 1 atom stereocenters.